The fourth-order valence-corrected chi connectivity index (χ4v) is 2.64. The van der Waals surface area contributed by atoms with Crippen LogP contribution in [0.2, 0.25) is 5.02 Å². The minimum absolute atomic E-state index is 0.0507. The van der Waals surface area contributed by atoms with Crippen molar-refractivity contribution < 1.29 is 17.9 Å². The zero-order chi connectivity index (χ0) is 13.2. The molecule has 1 rings (SSSR count). The molecule has 0 saturated carbocycles. The predicted molar refractivity (Wildman–Crippen MR) is 62.8 cm³/mol. The highest BCUT2D eigenvalue weighted by molar-refractivity contribution is 7.89. The van der Waals surface area contributed by atoms with Gasteiger partial charge in [0, 0.05) is 19.2 Å². The van der Waals surface area contributed by atoms with E-state index in [0.717, 1.165) is 10.4 Å². The van der Waals surface area contributed by atoms with Crippen molar-refractivity contribution in [2.75, 3.05) is 13.6 Å². The van der Waals surface area contributed by atoms with Crippen LogP contribution in [0.5, 0.6) is 0 Å². The smallest absolute Gasteiger partial charge is 0.242 e. The Bertz CT molecular complexity index is 519. The zero-order valence-electron chi connectivity index (χ0n) is 9.44. The van der Waals surface area contributed by atoms with E-state index in [1.54, 1.807) is 6.92 Å². The van der Waals surface area contributed by atoms with Crippen molar-refractivity contribution in [3.05, 3.63) is 28.5 Å². The van der Waals surface area contributed by atoms with Gasteiger partial charge >= 0.3 is 0 Å². The number of halogens is 2. The summed E-state index contributed by atoms with van der Waals surface area (Å²) < 4.78 is 38.3. The van der Waals surface area contributed by atoms with Crippen LogP contribution >= 0.6 is 11.6 Å². The van der Waals surface area contributed by atoms with E-state index in [1.807, 2.05) is 0 Å². The monoisotopic (exact) mass is 281 g/mol. The lowest BCUT2D eigenvalue weighted by Gasteiger charge is -2.16. The summed E-state index contributed by atoms with van der Waals surface area (Å²) in [5.74, 6) is -0.860. The van der Waals surface area contributed by atoms with Crippen LogP contribution in [0.25, 0.3) is 0 Å². The summed E-state index contributed by atoms with van der Waals surface area (Å²) in [4.78, 5) is -0.215. The Labute approximate surface area is 105 Å². The van der Waals surface area contributed by atoms with Crippen LogP contribution in [-0.2, 0) is 16.6 Å². The van der Waals surface area contributed by atoms with Crippen molar-refractivity contribution in [2.45, 2.75) is 18.4 Å². The van der Waals surface area contributed by atoms with E-state index in [1.165, 1.54) is 13.1 Å². The molecule has 0 heterocycles. The molecule has 0 aromatic heterocycles. The van der Waals surface area contributed by atoms with Gasteiger partial charge < -0.3 is 5.11 Å². The van der Waals surface area contributed by atoms with Crippen LogP contribution in [0, 0.1) is 5.82 Å². The van der Waals surface area contributed by atoms with Crippen molar-refractivity contribution in [3.8, 4) is 0 Å². The van der Waals surface area contributed by atoms with Gasteiger partial charge in [0.15, 0.2) is 0 Å². The summed E-state index contributed by atoms with van der Waals surface area (Å²) >= 11 is 5.59. The third-order valence-electron chi connectivity index (χ3n) is 2.40. The van der Waals surface area contributed by atoms with Gasteiger partial charge in [-0.3, -0.25) is 0 Å². The van der Waals surface area contributed by atoms with E-state index < -0.39 is 22.4 Å². The predicted octanol–water partition coefficient (Wildman–Crippen LogP) is 1.61. The number of rotatable bonds is 4. The molecule has 0 fully saturated rings. The lowest BCUT2D eigenvalue weighted by molar-refractivity contribution is 0.281. The fraction of sp³-hybridized carbons (Fsp3) is 0.400. The quantitative estimate of drug-likeness (QED) is 0.912. The Kier molecular flexibility index (Phi) is 4.48. The Hall–Kier alpha value is -0.690. The van der Waals surface area contributed by atoms with Crippen LogP contribution in [-0.4, -0.2) is 31.4 Å². The third-order valence-corrected chi connectivity index (χ3v) is 4.73. The topological polar surface area (TPSA) is 57.6 Å². The second-order valence-corrected chi connectivity index (χ2v) is 5.88. The standard InChI is InChI=1S/C10H13ClFNO3S/c1-3-13(2)17(15,16)8-4-7(6-14)10(11)9(12)5-8/h4-5,14H,3,6H2,1-2H3. The molecule has 0 unspecified atom stereocenters. The zero-order valence-corrected chi connectivity index (χ0v) is 11.0. The number of aliphatic hydroxyl groups is 1. The maximum absolute atomic E-state index is 13.4. The van der Waals surface area contributed by atoms with E-state index in [9.17, 15) is 12.8 Å². The number of hydrogen-bond donors (Lipinski definition) is 1. The molecule has 0 aliphatic heterocycles. The summed E-state index contributed by atoms with van der Waals surface area (Å²) in [7, 11) is -2.35. The molecule has 0 radical (unpaired) electrons. The maximum Gasteiger partial charge on any atom is 0.242 e. The van der Waals surface area contributed by atoms with Gasteiger partial charge in [0.1, 0.15) is 5.82 Å². The Morgan fingerprint density at radius 1 is 1.47 bits per heavy atom. The minimum atomic E-state index is -3.74. The van der Waals surface area contributed by atoms with E-state index >= 15 is 0 Å². The van der Waals surface area contributed by atoms with Crippen LogP contribution < -0.4 is 0 Å². The highest BCUT2D eigenvalue weighted by Gasteiger charge is 2.22. The Morgan fingerprint density at radius 3 is 2.53 bits per heavy atom. The summed E-state index contributed by atoms with van der Waals surface area (Å²) in [6.45, 7) is 1.41. The molecule has 0 bridgehead atoms. The highest BCUT2D eigenvalue weighted by Crippen LogP contribution is 2.25. The van der Waals surface area contributed by atoms with Crippen LogP contribution in [0.1, 0.15) is 12.5 Å². The van der Waals surface area contributed by atoms with Gasteiger partial charge in [0.05, 0.1) is 16.5 Å². The van der Waals surface area contributed by atoms with Crippen molar-refractivity contribution in [1.29, 1.82) is 0 Å². The average molecular weight is 282 g/mol. The first kappa shape index (κ1) is 14.4. The number of hydrogen-bond acceptors (Lipinski definition) is 3. The van der Waals surface area contributed by atoms with Crippen molar-refractivity contribution in [3.63, 3.8) is 0 Å². The third kappa shape index (κ3) is 2.77. The first-order chi connectivity index (χ1) is 7.84. The number of benzene rings is 1. The first-order valence-corrected chi connectivity index (χ1v) is 6.71. The van der Waals surface area contributed by atoms with Crippen LogP contribution in [0.15, 0.2) is 17.0 Å². The van der Waals surface area contributed by atoms with Gasteiger partial charge in [-0.05, 0) is 12.1 Å². The number of sulfonamides is 1. The van der Waals surface area contributed by atoms with Gasteiger partial charge in [-0.15, -0.1) is 0 Å². The highest BCUT2D eigenvalue weighted by atomic mass is 35.5. The van der Waals surface area contributed by atoms with E-state index in [0.29, 0.717) is 0 Å². The van der Waals surface area contributed by atoms with Crippen molar-refractivity contribution >= 4 is 21.6 Å². The van der Waals surface area contributed by atoms with Crippen LogP contribution in [0.3, 0.4) is 0 Å². The molecule has 0 atom stereocenters. The molecule has 0 spiro atoms. The summed E-state index contributed by atoms with van der Waals surface area (Å²) in [5.41, 5.74) is 0.0507. The van der Waals surface area contributed by atoms with Crippen molar-refractivity contribution in [1.82, 2.24) is 4.31 Å². The van der Waals surface area contributed by atoms with Gasteiger partial charge in [-0.2, -0.15) is 0 Å². The lowest BCUT2D eigenvalue weighted by Crippen LogP contribution is -2.26. The molecule has 4 nitrogen and oxygen atoms in total. The van der Waals surface area contributed by atoms with Gasteiger partial charge in [0.25, 0.3) is 0 Å². The Balaban J connectivity index is 3.39. The van der Waals surface area contributed by atoms with Crippen molar-refractivity contribution in [2.24, 2.45) is 0 Å². The molecule has 96 valence electrons. The van der Waals surface area contributed by atoms with Crippen LogP contribution in [0.4, 0.5) is 4.39 Å². The minimum Gasteiger partial charge on any atom is -0.392 e. The first-order valence-electron chi connectivity index (χ1n) is 4.89. The molecule has 1 aromatic carbocycles. The van der Waals surface area contributed by atoms with E-state index in [2.05, 4.69) is 0 Å². The fourth-order valence-electron chi connectivity index (χ4n) is 1.23. The summed E-state index contributed by atoms with van der Waals surface area (Å²) in [5, 5.41) is 8.71. The van der Waals surface area contributed by atoms with E-state index in [-0.39, 0.29) is 22.0 Å². The molecular weight excluding hydrogens is 269 g/mol. The summed E-state index contributed by atoms with van der Waals surface area (Å²) in [6.07, 6.45) is 0. The Morgan fingerprint density at radius 2 is 2.06 bits per heavy atom. The lowest BCUT2D eigenvalue weighted by atomic mass is 10.2. The molecule has 17 heavy (non-hydrogen) atoms. The number of nitrogens with zero attached hydrogens (tertiary/aromatic N) is 1. The molecule has 0 aliphatic carbocycles. The number of aliphatic hydroxyl groups excluding tert-OH is 1. The van der Waals surface area contributed by atoms with E-state index in [4.69, 9.17) is 16.7 Å². The molecule has 0 amide bonds. The normalized spacial score (nSPS) is 12.1. The second kappa shape index (κ2) is 5.30. The molecule has 0 aliphatic rings. The molecule has 0 saturated heterocycles. The largest absolute Gasteiger partial charge is 0.392 e. The molecular formula is C10H13ClFNO3S. The molecule has 1 N–H and O–H groups in total. The second-order valence-electron chi connectivity index (χ2n) is 3.46. The van der Waals surface area contributed by atoms with Gasteiger partial charge in [-0.25, -0.2) is 17.1 Å². The maximum atomic E-state index is 13.4. The van der Waals surface area contributed by atoms with Gasteiger partial charge in [-0.1, -0.05) is 18.5 Å². The van der Waals surface area contributed by atoms with Gasteiger partial charge in [0.2, 0.25) is 10.0 Å². The molecule has 7 heteroatoms. The average Bonchev–Trinajstić information content (AvgIpc) is 2.30. The summed E-state index contributed by atoms with van der Waals surface area (Å²) in [6, 6.07) is 2.02. The SMILES string of the molecule is CCN(C)S(=O)(=O)c1cc(F)c(Cl)c(CO)c1. The molecule has 1 aromatic rings.